The van der Waals surface area contributed by atoms with Gasteiger partial charge in [0.05, 0.1) is 0 Å². The van der Waals surface area contributed by atoms with Gasteiger partial charge in [-0.05, 0) is 38.2 Å². The molecular weight excluding hydrogens is 434 g/mol. The Morgan fingerprint density at radius 2 is 0.694 bits per heavy atom. The summed E-state index contributed by atoms with van der Waals surface area (Å²) in [6.07, 6.45) is 41.4. The lowest BCUT2D eigenvalue weighted by atomic mass is 10.0. The van der Waals surface area contributed by atoms with Crippen molar-refractivity contribution in [1.82, 2.24) is 0 Å². The smallest absolute Gasteiger partial charge is 0.171 e. The molecule has 36 heavy (non-hydrogen) atoms. The lowest BCUT2D eigenvalue weighted by Crippen LogP contribution is -2.34. The van der Waals surface area contributed by atoms with Crippen LogP contribution in [-0.2, 0) is 19.4 Å². The van der Waals surface area contributed by atoms with E-state index in [-0.39, 0.29) is 0 Å². The van der Waals surface area contributed by atoms with E-state index in [0.29, 0.717) is 0 Å². The van der Waals surface area contributed by atoms with E-state index in [1.165, 1.54) is 173 Å². The third-order valence-electron chi connectivity index (χ3n) is 7.94. The summed E-state index contributed by atoms with van der Waals surface area (Å²) in [5.74, 6) is 0. The summed E-state index contributed by atoms with van der Waals surface area (Å²) in [5, 5.41) is 0. The first-order valence-corrected chi connectivity index (χ1v) is 16.8. The lowest BCUT2D eigenvalue weighted by Gasteiger charge is -2.07. The van der Waals surface area contributed by atoms with E-state index in [2.05, 4.69) is 43.8 Å². The predicted molar refractivity (Wildman–Crippen MR) is 162 cm³/mol. The lowest BCUT2D eigenvalue weighted by molar-refractivity contribution is -0.698. The van der Waals surface area contributed by atoms with Gasteiger partial charge >= 0.3 is 0 Å². The molecule has 0 aliphatic heterocycles. The van der Waals surface area contributed by atoms with E-state index in [9.17, 15) is 0 Å². The van der Waals surface area contributed by atoms with Gasteiger partial charge < -0.3 is 0 Å². The molecule has 1 heterocycles. The standard InChI is InChI=1S/C35H66N/c1-4-7-10-13-16-17-18-21-24-27-30-36-32-34(28-25-22-19-14-11-8-5-2)31-35(33-36)29-26-23-20-15-12-9-6-3/h31-33H,4-30H2,1-3H3/q+1. The molecule has 0 aliphatic carbocycles. The molecule has 1 nitrogen and oxygen atoms in total. The number of unbranched alkanes of at least 4 members (excludes halogenated alkanes) is 21. The van der Waals surface area contributed by atoms with E-state index in [4.69, 9.17) is 0 Å². The Morgan fingerprint density at radius 1 is 0.389 bits per heavy atom. The Kier molecular flexibility index (Phi) is 23.8. The van der Waals surface area contributed by atoms with Gasteiger partial charge in [-0.2, -0.15) is 0 Å². The van der Waals surface area contributed by atoms with Crippen LogP contribution in [0.3, 0.4) is 0 Å². The van der Waals surface area contributed by atoms with Gasteiger partial charge in [0.25, 0.3) is 0 Å². The highest BCUT2D eigenvalue weighted by Gasteiger charge is 2.08. The number of nitrogens with zero attached hydrogens (tertiary/aromatic N) is 1. The van der Waals surface area contributed by atoms with Crippen LogP contribution < -0.4 is 4.57 Å². The number of pyridine rings is 1. The van der Waals surface area contributed by atoms with Gasteiger partial charge in [-0.15, -0.1) is 0 Å². The van der Waals surface area contributed by atoms with Crippen molar-refractivity contribution >= 4 is 0 Å². The van der Waals surface area contributed by atoms with Crippen molar-refractivity contribution < 1.29 is 4.57 Å². The van der Waals surface area contributed by atoms with Crippen molar-refractivity contribution in [2.45, 2.75) is 194 Å². The van der Waals surface area contributed by atoms with Crippen LogP contribution in [0.4, 0.5) is 0 Å². The molecule has 0 aliphatic rings. The molecule has 0 saturated carbocycles. The zero-order valence-corrected chi connectivity index (χ0v) is 25.3. The average molecular weight is 501 g/mol. The monoisotopic (exact) mass is 501 g/mol. The molecule has 1 aromatic heterocycles. The Labute approximate surface area is 228 Å². The third kappa shape index (κ3) is 20.2. The fourth-order valence-corrected chi connectivity index (χ4v) is 5.53. The zero-order valence-electron chi connectivity index (χ0n) is 25.3. The summed E-state index contributed by atoms with van der Waals surface area (Å²) >= 11 is 0. The molecule has 0 radical (unpaired) electrons. The number of aryl methyl sites for hydroxylation is 3. The first kappa shape index (κ1) is 33.2. The van der Waals surface area contributed by atoms with Crippen LogP contribution in [0.15, 0.2) is 18.5 Å². The minimum Gasteiger partial charge on any atom is -0.205 e. The van der Waals surface area contributed by atoms with Crippen molar-refractivity contribution in [3.05, 3.63) is 29.6 Å². The second-order valence-corrected chi connectivity index (χ2v) is 11.7. The summed E-state index contributed by atoms with van der Waals surface area (Å²) in [6, 6.07) is 2.54. The van der Waals surface area contributed by atoms with Crippen molar-refractivity contribution in [2.75, 3.05) is 0 Å². The number of hydrogen-bond acceptors (Lipinski definition) is 0. The minimum atomic E-state index is 1.21. The van der Waals surface area contributed by atoms with Gasteiger partial charge in [0.2, 0.25) is 0 Å². The largest absolute Gasteiger partial charge is 0.205 e. The highest BCUT2D eigenvalue weighted by atomic mass is 14.9. The Morgan fingerprint density at radius 3 is 1.06 bits per heavy atom. The summed E-state index contributed by atoms with van der Waals surface area (Å²) in [4.78, 5) is 0. The second kappa shape index (κ2) is 25.8. The molecule has 0 amide bonds. The number of rotatable bonds is 27. The molecule has 0 fully saturated rings. The maximum atomic E-state index is 2.55. The van der Waals surface area contributed by atoms with Crippen molar-refractivity contribution in [1.29, 1.82) is 0 Å². The van der Waals surface area contributed by atoms with E-state index < -0.39 is 0 Å². The molecule has 0 saturated heterocycles. The maximum absolute atomic E-state index is 2.55. The summed E-state index contributed by atoms with van der Waals surface area (Å²) < 4.78 is 2.55. The molecule has 0 unspecified atom stereocenters. The second-order valence-electron chi connectivity index (χ2n) is 11.7. The van der Waals surface area contributed by atoms with E-state index in [1.54, 1.807) is 11.1 Å². The first-order chi connectivity index (χ1) is 17.8. The molecule has 1 rings (SSSR count). The van der Waals surface area contributed by atoms with E-state index >= 15 is 0 Å². The Hall–Kier alpha value is -0.850. The predicted octanol–water partition coefficient (Wildman–Crippen LogP) is 11.5. The van der Waals surface area contributed by atoms with Gasteiger partial charge in [-0.25, -0.2) is 4.57 Å². The van der Waals surface area contributed by atoms with E-state index in [1.807, 2.05) is 0 Å². The van der Waals surface area contributed by atoms with Gasteiger partial charge in [0.15, 0.2) is 12.4 Å². The van der Waals surface area contributed by atoms with Crippen molar-refractivity contribution in [3.63, 3.8) is 0 Å². The highest BCUT2D eigenvalue weighted by molar-refractivity contribution is 5.15. The van der Waals surface area contributed by atoms with Gasteiger partial charge in [0, 0.05) is 17.5 Å². The van der Waals surface area contributed by atoms with Crippen molar-refractivity contribution in [3.8, 4) is 0 Å². The van der Waals surface area contributed by atoms with Crippen molar-refractivity contribution in [2.24, 2.45) is 0 Å². The van der Waals surface area contributed by atoms with Crippen LogP contribution >= 0.6 is 0 Å². The molecule has 0 N–H and O–H groups in total. The quantitative estimate of drug-likeness (QED) is 0.0835. The van der Waals surface area contributed by atoms with Crippen LogP contribution in [0, 0.1) is 0 Å². The molecule has 0 aromatic carbocycles. The molecule has 0 bridgehead atoms. The van der Waals surface area contributed by atoms with E-state index in [0.717, 1.165) is 0 Å². The summed E-state index contributed by atoms with van der Waals surface area (Å²) in [5.41, 5.74) is 3.19. The van der Waals surface area contributed by atoms with Crippen LogP contribution in [0.5, 0.6) is 0 Å². The number of hydrogen-bond donors (Lipinski definition) is 0. The van der Waals surface area contributed by atoms with Gasteiger partial charge in [-0.1, -0.05) is 149 Å². The molecule has 210 valence electrons. The third-order valence-corrected chi connectivity index (χ3v) is 7.94. The molecule has 0 atom stereocenters. The molecule has 0 spiro atoms. The maximum Gasteiger partial charge on any atom is 0.171 e. The molecule has 1 heteroatoms. The summed E-state index contributed by atoms with van der Waals surface area (Å²) in [6.45, 7) is 8.14. The summed E-state index contributed by atoms with van der Waals surface area (Å²) in [7, 11) is 0. The Bertz CT molecular complexity index is 542. The Balaban J connectivity index is 2.38. The van der Waals surface area contributed by atoms with Gasteiger partial charge in [-0.3, -0.25) is 0 Å². The van der Waals surface area contributed by atoms with Crippen LogP contribution in [0.2, 0.25) is 0 Å². The average Bonchev–Trinajstić information content (AvgIpc) is 2.88. The van der Waals surface area contributed by atoms with Gasteiger partial charge in [0.1, 0.15) is 6.54 Å². The SMILES string of the molecule is CCCCCCCCCCCC[n+]1cc(CCCCCCCCC)cc(CCCCCCCCC)c1. The zero-order chi connectivity index (χ0) is 25.9. The number of aromatic nitrogens is 1. The fourth-order valence-electron chi connectivity index (χ4n) is 5.53. The molecule has 1 aromatic rings. The topological polar surface area (TPSA) is 3.88 Å². The fraction of sp³-hybridized carbons (Fsp3) is 0.857. The first-order valence-electron chi connectivity index (χ1n) is 16.8. The minimum absolute atomic E-state index is 1.21. The van der Waals surface area contributed by atoms with Crippen LogP contribution in [0.1, 0.15) is 186 Å². The highest BCUT2D eigenvalue weighted by Crippen LogP contribution is 2.15. The van der Waals surface area contributed by atoms with Crippen LogP contribution in [-0.4, -0.2) is 0 Å². The molecular formula is C35H66N+. The normalized spacial score (nSPS) is 11.4. The van der Waals surface area contributed by atoms with Crippen LogP contribution in [0.25, 0.3) is 0 Å².